The molecule has 1 atom stereocenters. The third kappa shape index (κ3) is 4.69. The van der Waals surface area contributed by atoms with Crippen LogP contribution in [0.25, 0.3) is 6.08 Å². The van der Waals surface area contributed by atoms with Crippen molar-refractivity contribution in [2.24, 2.45) is 0 Å². The second-order valence-electron chi connectivity index (χ2n) is 4.29. The summed E-state index contributed by atoms with van der Waals surface area (Å²) in [5.74, 6) is -0.957. The Labute approximate surface area is 121 Å². The summed E-state index contributed by atoms with van der Waals surface area (Å²) in [4.78, 5) is 12.6. The van der Waals surface area contributed by atoms with Crippen LogP contribution in [0.4, 0.5) is 5.69 Å². The number of likely N-dealkylation sites (N-methyl/N-ethyl adjacent to an activating group) is 1. The smallest absolute Gasteiger partial charge is 0.328 e. The number of anilines is 1. The number of ether oxygens (including phenoxy) is 1. The Bertz CT molecular complexity index is 474. The molecule has 0 bridgehead atoms. The van der Waals surface area contributed by atoms with Crippen LogP contribution >= 0.6 is 15.9 Å². The molecular weight excluding hydrogens is 310 g/mol. The van der Waals surface area contributed by atoms with Gasteiger partial charge in [0.25, 0.3) is 0 Å². The van der Waals surface area contributed by atoms with E-state index in [0.717, 1.165) is 21.8 Å². The molecule has 0 radical (unpaired) electrons. The Morgan fingerprint density at radius 2 is 2.26 bits per heavy atom. The molecule has 0 saturated heterocycles. The molecule has 5 heteroatoms. The lowest BCUT2D eigenvalue weighted by Crippen LogP contribution is -2.32. The van der Waals surface area contributed by atoms with E-state index in [-0.39, 0.29) is 6.04 Å². The molecule has 1 aromatic rings. The predicted octanol–water partition coefficient (Wildman–Crippen LogP) is 3.02. The van der Waals surface area contributed by atoms with Gasteiger partial charge < -0.3 is 14.7 Å². The number of carbonyl (C=O) groups is 1. The average Bonchev–Trinajstić information content (AvgIpc) is 2.36. The third-order valence-corrected chi connectivity index (χ3v) is 3.55. The van der Waals surface area contributed by atoms with E-state index >= 15 is 0 Å². The van der Waals surface area contributed by atoms with Gasteiger partial charge >= 0.3 is 5.97 Å². The van der Waals surface area contributed by atoms with Gasteiger partial charge in [0, 0.05) is 36.4 Å². The van der Waals surface area contributed by atoms with Crippen LogP contribution in [0, 0.1) is 0 Å². The van der Waals surface area contributed by atoms with Crippen LogP contribution in [0.15, 0.2) is 28.7 Å². The molecular formula is C14H18BrNO3. The topological polar surface area (TPSA) is 49.8 Å². The molecule has 0 aliphatic carbocycles. The number of hydrogen-bond donors (Lipinski definition) is 1. The van der Waals surface area contributed by atoms with Crippen molar-refractivity contribution in [2.75, 3.05) is 25.7 Å². The lowest BCUT2D eigenvalue weighted by Gasteiger charge is -2.26. The number of carboxylic acid groups (broad SMARTS) is 1. The van der Waals surface area contributed by atoms with Crippen molar-refractivity contribution in [1.82, 2.24) is 0 Å². The van der Waals surface area contributed by atoms with Crippen LogP contribution < -0.4 is 4.90 Å². The monoisotopic (exact) mass is 327 g/mol. The van der Waals surface area contributed by atoms with Crippen molar-refractivity contribution < 1.29 is 14.6 Å². The van der Waals surface area contributed by atoms with Crippen LogP contribution in [0.1, 0.15) is 12.5 Å². The van der Waals surface area contributed by atoms with Crippen LogP contribution in [0.2, 0.25) is 0 Å². The fourth-order valence-electron chi connectivity index (χ4n) is 1.64. The standard InChI is InChI=1S/C14H18BrNO3/c1-10(9-19-3)16(2)12-6-4-11(13(15)8-12)5-7-14(17)18/h4-8,10H,9H2,1-3H3,(H,17,18)/b7-5+. The molecule has 0 spiro atoms. The Kier molecular flexibility index (Phi) is 6.05. The SMILES string of the molecule is COCC(C)N(C)c1ccc(/C=C/C(=O)O)c(Br)c1. The normalized spacial score (nSPS) is 12.6. The largest absolute Gasteiger partial charge is 0.478 e. The van der Waals surface area contributed by atoms with Gasteiger partial charge in [-0.25, -0.2) is 4.79 Å². The zero-order chi connectivity index (χ0) is 14.4. The van der Waals surface area contributed by atoms with E-state index in [0.29, 0.717) is 6.61 Å². The Hall–Kier alpha value is -1.33. The first-order valence-corrected chi connectivity index (χ1v) is 6.67. The molecule has 0 fully saturated rings. The summed E-state index contributed by atoms with van der Waals surface area (Å²) in [7, 11) is 3.68. The molecule has 0 aromatic heterocycles. The number of aliphatic carboxylic acids is 1. The lowest BCUT2D eigenvalue weighted by molar-refractivity contribution is -0.131. The number of hydrogen-bond acceptors (Lipinski definition) is 3. The summed E-state index contributed by atoms with van der Waals surface area (Å²) in [6.45, 7) is 2.73. The van der Waals surface area contributed by atoms with Gasteiger partial charge in [0.2, 0.25) is 0 Å². The van der Waals surface area contributed by atoms with Gasteiger partial charge in [-0.15, -0.1) is 0 Å². The molecule has 0 amide bonds. The number of nitrogens with zero attached hydrogens (tertiary/aromatic N) is 1. The minimum atomic E-state index is -0.957. The van der Waals surface area contributed by atoms with Crippen molar-refractivity contribution in [1.29, 1.82) is 0 Å². The van der Waals surface area contributed by atoms with Crippen LogP contribution in [-0.4, -0.2) is 37.9 Å². The van der Waals surface area contributed by atoms with E-state index in [9.17, 15) is 4.79 Å². The molecule has 1 unspecified atom stereocenters. The number of methoxy groups -OCH3 is 1. The Morgan fingerprint density at radius 3 is 2.79 bits per heavy atom. The minimum Gasteiger partial charge on any atom is -0.478 e. The van der Waals surface area contributed by atoms with Gasteiger partial charge in [0.1, 0.15) is 0 Å². The molecule has 0 aliphatic rings. The average molecular weight is 328 g/mol. The van der Waals surface area contributed by atoms with Gasteiger partial charge in [0.05, 0.1) is 6.61 Å². The molecule has 0 heterocycles. The highest BCUT2D eigenvalue weighted by Gasteiger charge is 2.10. The maximum atomic E-state index is 10.5. The van der Waals surface area contributed by atoms with E-state index in [1.807, 2.05) is 25.2 Å². The molecule has 4 nitrogen and oxygen atoms in total. The van der Waals surface area contributed by atoms with Crippen LogP contribution in [0.3, 0.4) is 0 Å². The Morgan fingerprint density at radius 1 is 1.58 bits per heavy atom. The predicted molar refractivity (Wildman–Crippen MR) is 80.6 cm³/mol. The van der Waals surface area contributed by atoms with Gasteiger partial charge in [0.15, 0.2) is 0 Å². The van der Waals surface area contributed by atoms with Crippen molar-refractivity contribution in [2.45, 2.75) is 13.0 Å². The van der Waals surface area contributed by atoms with Gasteiger partial charge in [-0.05, 0) is 30.7 Å². The fourth-order valence-corrected chi connectivity index (χ4v) is 2.14. The first kappa shape index (κ1) is 15.7. The van der Waals surface area contributed by atoms with E-state index < -0.39 is 5.97 Å². The zero-order valence-electron chi connectivity index (χ0n) is 11.3. The lowest BCUT2D eigenvalue weighted by atomic mass is 10.1. The fraction of sp³-hybridized carbons (Fsp3) is 0.357. The molecule has 19 heavy (non-hydrogen) atoms. The molecule has 0 saturated carbocycles. The molecule has 1 N–H and O–H groups in total. The van der Waals surface area contributed by atoms with Crippen molar-refractivity contribution in [3.05, 3.63) is 34.3 Å². The highest BCUT2D eigenvalue weighted by Crippen LogP contribution is 2.25. The quantitative estimate of drug-likeness (QED) is 0.816. The molecule has 104 valence electrons. The summed E-state index contributed by atoms with van der Waals surface area (Å²) < 4.78 is 6.00. The minimum absolute atomic E-state index is 0.261. The Balaban J connectivity index is 2.90. The highest BCUT2D eigenvalue weighted by atomic mass is 79.9. The summed E-state index contributed by atoms with van der Waals surface area (Å²) in [6, 6.07) is 6.07. The summed E-state index contributed by atoms with van der Waals surface area (Å²) >= 11 is 3.45. The summed E-state index contributed by atoms with van der Waals surface area (Å²) in [5, 5.41) is 8.62. The number of carboxylic acids is 1. The maximum absolute atomic E-state index is 10.5. The van der Waals surface area contributed by atoms with Crippen LogP contribution in [0.5, 0.6) is 0 Å². The van der Waals surface area contributed by atoms with Gasteiger partial charge in [-0.3, -0.25) is 0 Å². The molecule has 1 aromatic carbocycles. The van der Waals surface area contributed by atoms with E-state index in [1.165, 1.54) is 0 Å². The van der Waals surface area contributed by atoms with Crippen molar-refractivity contribution in [3.8, 4) is 0 Å². The van der Waals surface area contributed by atoms with Crippen molar-refractivity contribution >= 4 is 33.7 Å². The number of halogens is 1. The third-order valence-electron chi connectivity index (χ3n) is 2.87. The van der Waals surface area contributed by atoms with E-state index in [2.05, 4.69) is 27.8 Å². The van der Waals surface area contributed by atoms with E-state index in [4.69, 9.17) is 9.84 Å². The first-order valence-electron chi connectivity index (χ1n) is 5.88. The van der Waals surface area contributed by atoms with Crippen molar-refractivity contribution in [3.63, 3.8) is 0 Å². The first-order chi connectivity index (χ1) is 8.95. The van der Waals surface area contributed by atoms with Gasteiger partial charge in [-0.1, -0.05) is 22.0 Å². The molecule has 1 rings (SSSR count). The zero-order valence-corrected chi connectivity index (χ0v) is 12.8. The highest BCUT2D eigenvalue weighted by molar-refractivity contribution is 9.10. The van der Waals surface area contributed by atoms with E-state index in [1.54, 1.807) is 13.2 Å². The second-order valence-corrected chi connectivity index (χ2v) is 5.15. The van der Waals surface area contributed by atoms with Crippen LogP contribution in [-0.2, 0) is 9.53 Å². The second kappa shape index (κ2) is 7.31. The summed E-state index contributed by atoms with van der Waals surface area (Å²) in [5.41, 5.74) is 1.88. The summed E-state index contributed by atoms with van der Waals surface area (Å²) in [6.07, 6.45) is 2.69. The maximum Gasteiger partial charge on any atom is 0.328 e. The van der Waals surface area contributed by atoms with Gasteiger partial charge in [-0.2, -0.15) is 0 Å². The number of benzene rings is 1. The molecule has 0 aliphatic heterocycles. The number of rotatable bonds is 6.